The average Bonchev–Trinajstić information content (AvgIpc) is 3.44. The Morgan fingerprint density at radius 1 is 1.24 bits per heavy atom. The van der Waals surface area contributed by atoms with Gasteiger partial charge >= 0.3 is 6.03 Å². The largest absolute Gasteiger partial charge is 0.342 e. The van der Waals surface area contributed by atoms with E-state index in [0.29, 0.717) is 36.7 Å². The van der Waals surface area contributed by atoms with Crippen molar-refractivity contribution < 1.29 is 23.0 Å². The van der Waals surface area contributed by atoms with Crippen molar-refractivity contribution >= 4 is 17.6 Å². The fraction of sp³-hybridized carbons (Fsp3) is 0.583. The molecule has 37 heavy (non-hydrogen) atoms. The van der Waals surface area contributed by atoms with E-state index in [4.69, 9.17) is 9.61 Å². The number of carbonyl (C=O) groups excluding carboxylic acids is 2. The maximum atomic E-state index is 13.9. The van der Waals surface area contributed by atoms with Gasteiger partial charge in [-0.2, -0.15) is 5.10 Å². The van der Waals surface area contributed by atoms with Crippen LogP contribution in [0.15, 0.2) is 23.1 Å². The normalized spacial score (nSPS) is 21.1. The van der Waals surface area contributed by atoms with Crippen LogP contribution >= 0.6 is 0 Å². The van der Waals surface area contributed by atoms with E-state index in [2.05, 4.69) is 26.0 Å². The summed E-state index contributed by atoms with van der Waals surface area (Å²) >= 11 is 0. The minimum Gasteiger partial charge on any atom is -0.342 e. The second-order valence-corrected chi connectivity index (χ2v) is 10.3. The first-order valence-electron chi connectivity index (χ1n) is 12.7. The number of hydrogen-bond acceptors (Lipinski definition) is 7. The second-order valence-electron chi connectivity index (χ2n) is 10.3. The van der Waals surface area contributed by atoms with Gasteiger partial charge in [0.15, 0.2) is 11.3 Å². The van der Waals surface area contributed by atoms with Crippen LogP contribution in [-0.4, -0.2) is 60.8 Å². The van der Waals surface area contributed by atoms with Gasteiger partial charge in [0, 0.05) is 38.4 Å². The summed E-state index contributed by atoms with van der Waals surface area (Å²) in [5.74, 6) is -3.21. The smallest absolute Gasteiger partial charge is 0.317 e. The van der Waals surface area contributed by atoms with Crippen LogP contribution in [0.5, 0.6) is 0 Å². The van der Waals surface area contributed by atoms with Crippen LogP contribution < -0.4 is 10.6 Å². The highest BCUT2D eigenvalue weighted by Gasteiger charge is 2.40. The van der Waals surface area contributed by atoms with E-state index >= 15 is 0 Å². The molecule has 6 rings (SSSR count). The van der Waals surface area contributed by atoms with Crippen molar-refractivity contribution in [2.45, 2.75) is 69.4 Å². The lowest BCUT2D eigenvalue weighted by Gasteiger charge is -2.33. The van der Waals surface area contributed by atoms with Gasteiger partial charge in [-0.25, -0.2) is 27.7 Å². The van der Waals surface area contributed by atoms with E-state index in [1.54, 1.807) is 21.8 Å². The third kappa shape index (κ3) is 4.98. The lowest BCUT2D eigenvalue weighted by Crippen LogP contribution is -2.45. The number of imidazole rings is 1. The molecule has 1 saturated heterocycles. The summed E-state index contributed by atoms with van der Waals surface area (Å²) in [7, 11) is 0. The number of nitrogens with one attached hydrogen (secondary N) is 2. The van der Waals surface area contributed by atoms with E-state index in [1.165, 1.54) is 0 Å². The fourth-order valence-electron chi connectivity index (χ4n) is 5.24. The van der Waals surface area contributed by atoms with Gasteiger partial charge in [-0.1, -0.05) is 5.16 Å². The van der Waals surface area contributed by atoms with Crippen LogP contribution in [0, 0.1) is 5.92 Å². The molecule has 3 aromatic heterocycles. The molecule has 2 aliphatic carbocycles. The molecule has 0 unspecified atom stereocenters. The Morgan fingerprint density at radius 2 is 2.05 bits per heavy atom. The highest BCUT2D eigenvalue weighted by Crippen LogP contribution is 2.42. The molecular formula is C24H28F2N8O3. The first-order valence-corrected chi connectivity index (χ1v) is 12.7. The van der Waals surface area contributed by atoms with E-state index in [-0.39, 0.29) is 49.2 Å². The Morgan fingerprint density at radius 3 is 2.81 bits per heavy atom. The monoisotopic (exact) mass is 514 g/mol. The standard InChI is InChI=1S/C24H28F2N8O3/c25-24(26)6-4-16(5-7-24)19(30-22(35)21-20(15-2-3-15)31-37-32-21)17-13-34-18(29-17)10-14(11-28-34)12-33-9-1-8-27-23(33)36/h10-11,13,15-16,19H,1-9,12H2,(H,27,36)(H,30,35)/t19-/m0/s1. The summed E-state index contributed by atoms with van der Waals surface area (Å²) in [6.45, 7) is 1.73. The van der Waals surface area contributed by atoms with Crippen molar-refractivity contribution in [3.8, 4) is 0 Å². The summed E-state index contributed by atoms with van der Waals surface area (Å²) in [5, 5.41) is 18.0. The lowest BCUT2D eigenvalue weighted by molar-refractivity contribution is -0.0495. The summed E-state index contributed by atoms with van der Waals surface area (Å²) in [6.07, 6.45) is 6.14. The van der Waals surface area contributed by atoms with Crippen molar-refractivity contribution in [3.05, 3.63) is 41.1 Å². The van der Waals surface area contributed by atoms with Gasteiger partial charge in [-0.3, -0.25) is 4.79 Å². The number of nitrogens with zero attached hydrogens (tertiary/aromatic N) is 6. The van der Waals surface area contributed by atoms with Crippen LogP contribution in [0.4, 0.5) is 13.6 Å². The minimum absolute atomic E-state index is 0.111. The maximum absolute atomic E-state index is 13.9. The second kappa shape index (κ2) is 9.34. The number of amides is 3. The number of urea groups is 1. The molecule has 13 heteroatoms. The van der Waals surface area contributed by atoms with Gasteiger partial charge in [0.2, 0.25) is 5.92 Å². The summed E-state index contributed by atoms with van der Waals surface area (Å²) in [5.41, 5.74) is 2.58. The number of aromatic nitrogens is 5. The molecule has 1 aliphatic heterocycles. The van der Waals surface area contributed by atoms with Crippen LogP contribution in [0.1, 0.15) is 84.3 Å². The molecule has 2 saturated carbocycles. The first kappa shape index (κ1) is 23.7. The van der Waals surface area contributed by atoms with E-state index < -0.39 is 17.9 Å². The van der Waals surface area contributed by atoms with Gasteiger partial charge in [0.05, 0.1) is 24.1 Å². The molecule has 4 heterocycles. The van der Waals surface area contributed by atoms with E-state index in [9.17, 15) is 18.4 Å². The molecule has 1 atom stereocenters. The predicted molar refractivity (Wildman–Crippen MR) is 125 cm³/mol. The highest BCUT2D eigenvalue weighted by molar-refractivity contribution is 5.93. The SMILES string of the molecule is O=C(N[C@H](c1cn2ncc(CN3CCCNC3=O)cc2n1)C1CCC(F)(F)CC1)c1nonc1C1CC1. The van der Waals surface area contributed by atoms with Crippen LogP contribution in [0.3, 0.4) is 0 Å². The van der Waals surface area contributed by atoms with E-state index in [0.717, 1.165) is 24.8 Å². The number of alkyl halides is 2. The Balaban J connectivity index is 1.27. The third-order valence-electron chi connectivity index (χ3n) is 7.47. The number of rotatable bonds is 7. The summed E-state index contributed by atoms with van der Waals surface area (Å²) in [4.78, 5) is 31.8. The molecule has 0 radical (unpaired) electrons. The highest BCUT2D eigenvalue weighted by atomic mass is 19.3. The van der Waals surface area contributed by atoms with Crippen LogP contribution in [-0.2, 0) is 6.54 Å². The van der Waals surface area contributed by atoms with Gasteiger partial charge in [-0.15, -0.1) is 0 Å². The Labute approximate surface area is 210 Å². The molecular weight excluding hydrogens is 486 g/mol. The van der Waals surface area contributed by atoms with Gasteiger partial charge in [0.1, 0.15) is 5.69 Å². The molecule has 3 amide bonds. The molecule has 3 aromatic rings. The molecule has 0 spiro atoms. The zero-order chi connectivity index (χ0) is 25.6. The van der Waals surface area contributed by atoms with Gasteiger partial charge < -0.3 is 15.5 Å². The number of carbonyl (C=O) groups is 2. The molecule has 3 fully saturated rings. The molecule has 0 aromatic carbocycles. The zero-order valence-electron chi connectivity index (χ0n) is 20.2. The molecule has 0 bridgehead atoms. The van der Waals surface area contributed by atoms with Crippen molar-refractivity contribution in [2.75, 3.05) is 13.1 Å². The first-order chi connectivity index (χ1) is 17.9. The van der Waals surface area contributed by atoms with Crippen LogP contribution in [0.25, 0.3) is 5.65 Å². The third-order valence-corrected chi connectivity index (χ3v) is 7.47. The quantitative estimate of drug-likeness (QED) is 0.495. The molecule has 2 N–H and O–H groups in total. The van der Waals surface area contributed by atoms with E-state index in [1.807, 2.05) is 6.07 Å². The Bertz CT molecular complexity index is 1310. The lowest BCUT2D eigenvalue weighted by atomic mass is 9.81. The van der Waals surface area contributed by atoms with Crippen molar-refractivity contribution in [2.24, 2.45) is 5.92 Å². The number of fused-ring (bicyclic) bond motifs is 1. The van der Waals surface area contributed by atoms with Gasteiger partial charge in [-0.05, 0) is 54.8 Å². The topological polar surface area (TPSA) is 131 Å². The number of halogens is 2. The van der Waals surface area contributed by atoms with Gasteiger partial charge in [0.25, 0.3) is 5.91 Å². The van der Waals surface area contributed by atoms with Crippen LogP contribution in [0.2, 0.25) is 0 Å². The predicted octanol–water partition coefficient (Wildman–Crippen LogP) is 3.20. The average molecular weight is 515 g/mol. The molecule has 3 aliphatic rings. The Hall–Kier alpha value is -3.64. The Kier molecular flexibility index (Phi) is 6.00. The number of hydrogen-bond donors (Lipinski definition) is 2. The summed E-state index contributed by atoms with van der Waals surface area (Å²) in [6, 6.07) is 1.13. The van der Waals surface area contributed by atoms with Crippen molar-refractivity contribution in [3.63, 3.8) is 0 Å². The summed E-state index contributed by atoms with van der Waals surface area (Å²) < 4.78 is 34.3. The van der Waals surface area contributed by atoms with Crippen molar-refractivity contribution in [1.29, 1.82) is 0 Å². The van der Waals surface area contributed by atoms with Crippen molar-refractivity contribution in [1.82, 2.24) is 40.4 Å². The molecule has 11 nitrogen and oxygen atoms in total. The maximum Gasteiger partial charge on any atom is 0.317 e. The fourth-order valence-corrected chi connectivity index (χ4v) is 5.24. The minimum atomic E-state index is -2.70. The molecule has 196 valence electrons. The zero-order valence-corrected chi connectivity index (χ0v) is 20.2.